The first-order valence-electron chi connectivity index (χ1n) is 5.56. The van der Waals surface area contributed by atoms with Crippen LogP contribution in [0.3, 0.4) is 0 Å². The van der Waals surface area contributed by atoms with Crippen LogP contribution in [0.15, 0.2) is 40.4 Å². The fourth-order valence-corrected chi connectivity index (χ4v) is 2.75. The van der Waals surface area contributed by atoms with Gasteiger partial charge < -0.3 is 10.9 Å². The van der Waals surface area contributed by atoms with Gasteiger partial charge in [0.15, 0.2) is 5.84 Å². The highest BCUT2D eigenvalue weighted by atomic mass is 32.2. The standard InChI is InChI=1S/C11H17N3O3S/c1-2-6-10(11(12)13-15)14-18(16,17)9-7-4-3-5-8-9/h3-5,7-8,10,14-15H,2,6H2,1H3,(H2,12,13). The van der Waals surface area contributed by atoms with Crippen LogP contribution in [-0.2, 0) is 10.0 Å². The molecule has 0 fully saturated rings. The van der Waals surface area contributed by atoms with Crippen molar-refractivity contribution >= 4 is 15.9 Å². The van der Waals surface area contributed by atoms with Crippen LogP contribution in [-0.4, -0.2) is 25.5 Å². The maximum atomic E-state index is 12.0. The summed E-state index contributed by atoms with van der Waals surface area (Å²) in [5.74, 6) is -0.142. The van der Waals surface area contributed by atoms with Crippen molar-refractivity contribution < 1.29 is 13.6 Å². The van der Waals surface area contributed by atoms with Gasteiger partial charge in [-0.25, -0.2) is 13.1 Å². The third kappa shape index (κ3) is 3.71. The lowest BCUT2D eigenvalue weighted by atomic mass is 10.2. The Labute approximate surface area is 107 Å². The van der Waals surface area contributed by atoms with E-state index in [1.165, 1.54) is 12.1 Å². The Morgan fingerprint density at radius 3 is 2.56 bits per heavy atom. The molecule has 0 saturated carbocycles. The summed E-state index contributed by atoms with van der Waals surface area (Å²) in [7, 11) is -3.66. The van der Waals surface area contributed by atoms with Crippen molar-refractivity contribution in [2.75, 3.05) is 0 Å². The van der Waals surface area contributed by atoms with Crippen LogP contribution in [0.4, 0.5) is 0 Å². The number of oxime groups is 1. The number of nitrogens with one attached hydrogen (secondary N) is 1. The predicted octanol–water partition coefficient (Wildman–Crippen LogP) is 0.880. The molecule has 0 bridgehead atoms. The minimum atomic E-state index is -3.66. The molecule has 4 N–H and O–H groups in total. The van der Waals surface area contributed by atoms with E-state index in [4.69, 9.17) is 10.9 Å². The van der Waals surface area contributed by atoms with Crippen molar-refractivity contribution in [3.63, 3.8) is 0 Å². The molecule has 0 aliphatic rings. The second-order valence-electron chi connectivity index (χ2n) is 3.80. The zero-order valence-electron chi connectivity index (χ0n) is 10.1. The summed E-state index contributed by atoms with van der Waals surface area (Å²) < 4.78 is 26.5. The van der Waals surface area contributed by atoms with Crippen LogP contribution < -0.4 is 10.5 Å². The molecule has 100 valence electrons. The molecule has 0 aliphatic carbocycles. The molecule has 1 aromatic rings. The minimum absolute atomic E-state index is 0.142. The summed E-state index contributed by atoms with van der Waals surface area (Å²) >= 11 is 0. The van der Waals surface area contributed by atoms with E-state index in [1.807, 2.05) is 6.92 Å². The largest absolute Gasteiger partial charge is 0.409 e. The van der Waals surface area contributed by atoms with Crippen LogP contribution in [0.2, 0.25) is 0 Å². The number of hydrogen-bond donors (Lipinski definition) is 3. The maximum Gasteiger partial charge on any atom is 0.241 e. The Hall–Kier alpha value is -1.60. The van der Waals surface area contributed by atoms with E-state index in [2.05, 4.69) is 9.88 Å². The number of hydrogen-bond acceptors (Lipinski definition) is 4. The van der Waals surface area contributed by atoms with Gasteiger partial charge in [-0.05, 0) is 18.6 Å². The van der Waals surface area contributed by atoms with E-state index < -0.39 is 16.1 Å². The summed E-state index contributed by atoms with van der Waals surface area (Å²) in [5, 5.41) is 11.5. The average Bonchev–Trinajstić information content (AvgIpc) is 2.38. The Kier molecular flexibility index (Phi) is 5.11. The molecule has 1 atom stereocenters. The van der Waals surface area contributed by atoms with Crippen LogP contribution in [0.1, 0.15) is 19.8 Å². The fraction of sp³-hybridized carbons (Fsp3) is 0.364. The van der Waals surface area contributed by atoms with Crippen molar-refractivity contribution in [1.82, 2.24) is 4.72 Å². The van der Waals surface area contributed by atoms with Gasteiger partial charge in [0.05, 0.1) is 10.9 Å². The average molecular weight is 271 g/mol. The number of nitrogens with zero attached hydrogens (tertiary/aromatic N) is 1. The molecule has 0 radical (unpaired) electrons. The Balaban J connectivity index is 2.93. The zero-order valence-corrected chi connectivity index (χ0v) is 10.9. The molecular weight excluding hydrogens is 254 g/mol. The second-order valence-corrected chi connectivity index (χ2v) is 5.51. The lowest BCUT2D eigenvalue weighted by molar-refractivity contribution is 0.315. The highest BCUT2D eigenvalue weighted by molar-refractivity contribution is 7.89. The third-order valence-corrected chi connectivity index (χ3v) is 3.89. The minimum Gasteiger partial charge on any atom is -0.409 e. The first-order valence-corrected chi connectivity index (χ1v) is 7.04. The highest BCUT2D eigenvalue weighted by Gasteiger charge is 2.22. The van der Waals surface area contributed by atoms with Gasteiger partial charge in [0.25, 0.3) is 0 Å². The summed E-state index contributed by atoms with van der Waals surface area (Å²) in [5.41, 5.74) is 5.46. The van der Waals surface area contributed by atoms with Crippen molar-refractivity contribution in [2.45, 2.75) is 30.7 Å². The van der Waals surface area contributed by atoms with E-state index in [0.29, 0.717) is 12.8 Å². The van der Waals surface area contributed by atoms with Gasteiger partial charge in [0.2, 0.25) is 10.0 Å². The lowest BCUT2D eigenvalue weighted by Crippen LogP contribution is -2.44. The molecule has 0 saturated heterocycles. The van der Waals surface area contributed by atoms with Gasteiger partial charge in [-0.15, -0.1) is 0 Å². The van der Waals surface area contributed by atoms with Crippen LogP contribution in [0.5, 0.6) is 0 Å². The number of nitrogens with two attached hydrogens (primary N) is 1. The smallest absolute Gasteiger partial charge is 0.241 e. The monoisotopic (exact) mass is 271 g/mol. The topological polar surface area (TPSA) is 105 Å². The molecule has 1 unspecified atom stereocenters. The molecule has 0 spiro atoms. The van der Waals surface area contributed by atoms with E-state index in [1.54, 1.807) is 18.2 Å². The van der Waals surface area contributed by atoms with E-state index in [-0.39, 0.29) is 10.7 Å². The normalized spacial score (nSPS) is 14.4. The molecule has 0 amide bonds. The number of benzene rings is 1. The summed E-state index contributed by atoms with van der Waals surface area (Å²) in [6.45, 7) is 1.88. The van der Waals surface area contributed by atoms with Crippen molar-refractivity contribution in [3.8, 4) is 0 Å². The van der Waals surface area contributed by atoms with Crippen molar-refractivity contribution in [2.24, 2.45) is 10.9 Å². The molecule has 1 aromatic carbocycles. The summed E-state index contributed by atoms with van der Waals surface area (Å²) in [6, 6.07) is 7.26. The molecule has 1 rings (SSSR count). The van der Waals surface area contributed by atoms with E-state index in [0.717, 1.165) is 0 Å². The van der Waals surface area contributed by atoms with Crippen molar-refractivity contribution in [1.29, 1.82) is 0 Å². The third-order valence-electron chi connectivity index (χ3n) is 2.40. The highest BCUT2D eigenvalue weighted by Crippen LogP contribution is 2.09. The first-order chi connectivity index (χ1) is 8.51. The van der Waals surface area contributed by atoms with E-state index in [9.17, 15) is 8.42 Å². The Morgan fingerprint density at radius 2 is 2.06 bits per heavy atom. The first kappa shape index (κ1) is 14.5. The van der Waals surface area contributed by atoms with Crippen LogP contribution in [0.25, 0.3) is 0 Å². The Bertz CT molecular complexity index is 500. The molecule has 0 heterocycles. The molecular formula is C11H17N3O3S. The van der Waals surface area contributed by atoms with Gasteiger partial charge >= 0.3 is 0 Å². The zero-order chi connectivity index (χ0) is 13.6. The number of amidine groups is 1. The van der Waals surface area contributed by atoms with Gasteiger partial charge in [-0.1, -0.05) is 36.7 Å². The van der Waals surface area contributed by atoms with Gasteiger partial charge in [0.1, 0.15) is 0 Å². The van der Waals surface area contributed by atoms with Gasteiger partial charge in [0, 0.05) is 0 Å². The fourth-order valence-electron chi connectivity index (χ4n) is 1.48. The SMILES string of the molecule is CCCC(NS(=O)(=O)c1ccccc1)/C(N)=N/O. The number of sulfonamides is 1. The molecule has 0 aliphatic heterocycles. The van der Waals surface area contributed by atoms with Gasteiger partial charge in [-0.2, -0.15) is 0 Å². The predicted molar refractivity (Wildman–Crippen MR) is 68.9 cm³/mol. The quantitative estimate of drug-likeness (QED) is 0.309. The van der Waals surface area contributed by atoms with Crippen LogP contribution in [0, 0.1) is 0 Å². The molecule has 0 aromatic heterocycles. The van der Waals surface area contributed by atoms with Gasteiger partial charge in [-0.3, -0.25) is 0 Å². The lowest BCUT2D eigenvalue weighted by Gasteiger charge is -2.16. The van der Waals surface area contributed by atoms with E-state index >= 15 is 0 Å². The molecule has 7 heteroatoms. The molecule has 18 heavy (non-hydrogen) atoms. The number of rotatable bonds is 6. The van der Waals surface area contributed by atoms with Crippen LogP contribution >= 0.6 is 0 Å². The second kappa shape index (κ2) is 6.36. The molecule has 6 nitrogen and oxygen atoms in total. The van der Waals surface area contributed by atoms with Crippen molar-refractivity contribution in [3.05, 3.63) is 30.3 Å². The summed E-state index contributed by atoms with van der Waals surface area (Å²) in [4.78, 5) is 0.150. The maximum absolute atomic E-state index is 12.0. The Morgan fingerprint density at radius 1 is 1.44 bits per heavy atom. The summed E-state index contributed by atoms with van der Waals surface area (Å²) in [6.07, 6.45) is 1.17.